The number of benzene rings is 1. The van der Waals surface area contributed by atoms with Gasteiger partial charge in [-0.3, -0.25) is 4.79 Å². The number of esters is 1. The summed E-state index contributed by atoms with van der Waals surface area (Å²) in [5.41, 5.74) is 2.51. The third-order valence-electron chi connectivity index (χ3n) is 2.53. The lowest BCUT2D eigenvalue weighted by Gasteiger charge is -2.06. The number of aryl methyl sites for hydroxylation is 1. The Morgan fingerprint density at radius 1 is 1.50 bits per heavy atom. The number of hydrogen-bond acceptors (Lipinski definition) is 3. The molecule has 1 aromatic carbocycles. The molecule has 1 rings (SSSR count). The van der Waals surface area contributed by atoms with Gasteiger partial charge in [0.15, 0.2) is 0 Å². The minimum absolute atomic E-state index is 0.223. The standard InChI is InChI=1S/C14H16BrNO2/c1-2-18-14(17)9-11-5-6-12(4-3-7-15)13(8-11)10-16/h5-6,8H,2-4,7,9H2,1H3. The molecule has 18 heavy (non-hydrogen) atoms. The number of hydrogen-bond donors (Lipinski definition) is 0. The molecule has 96 valence electrons. The van der Waals surface area contributed by atoms with E-state index in [0.717, 1.165) is 29.3 Å². The zero-order valence-corrected chi connectivity index (χ0v) is 12.0. The molecule has 0 aliphatic rings. The molecule has 0 radical (unpaired) electrons. The van der Waals surface area contributed by atoms with Crippen molar-refractivity contribution in [2.45, 2.75) is 26.2 Å². The predicted octanol–water partition coefficient (Wildman–Crippen LogP) is 2.99. The number of alkyl halides is 1. The summed E-state index contributed by atoms with van der Waals surface area (Å²) >= 11 is 3.37. The van der Waals surface area contributed by atoms with Crippen LogP contribution in [-0.4, -0.2) is 17.9 Å². The van der Waals surface area contributed by atoms with Crippen LogP contribution in [-0.2, 0) is 22.4 Å². The number of ether oxygens (including phenoxy) is 1. The van der Waals surface area contributed by atoms with E-state index in [4.69, 9.17) is 10.00 Å². The highest BCUT2D eigenvalue weighted by Gasteiger charge is 2.07. The summed E-state index contributed by atoms with van der Waals surface area (Å²) in [7, 11) is 0. The van der Waals surface area contributed by atoms with E-state index in [-0.39, 0.29) is 12.4 Å². The van der Waals surface area contributed by atoms with E-state index < -0.39 is 0 Å². The SMILES string of the molecule is CCOC(=O)Cc1ccc(CCCBr)c(C#N)c1. The van der Waals surface area contributed by atoms with Crippen LogP contribution in [0, 0.1) is 11.3 Å². The zero-order valence-electron chi connectivity index (χ0n) is 10.4. The summed E-state index contributed by atoms with van der Waals surface area (Å²) in [4.78, 5) is 11.4. The van der Waals surface area contributed by atoms with Crippen molar-refractivity contribution in [3.8, 4) is 6.07 Å². The Balaban J connectivity index is 2.79. The molecular weight excluding hydrogens is 294 g/mol. The van der Waals surface area contributed by atoms with E-state index in [1.54, 1.807) is 13.0 Å². The van der Waals surface area contributed by atoms with E-state index in [9.17, 15) is 4.79 Å². The molecule has 4 heteroatoms. The van der Waals surface area contributed by atoms with Crippen LogP contribution in [0.2, 0.25) is 0 Å². The van der Waals surface area contributed by atoms with E-state index >= 15 is 0 Å². The molecule has 0 unspecified atom stereocenters. The summed E-state index contributed by atoms with van der Waals surface area (Å²) in [6, 6.07) is 7.78. The molecule has 0 aliphatic heterocycles. The number of nitriles is 1. The summed E-state index contributed by atoms with van der Waals surface area (Å²) in [6.45, 7) is 2.16. The van der Waals surface area contributed by atoms with Crippen molar-refractivity contribution in [1.82, 2.24) is 0 Å². The van der Waals surface area contributed by atoms with E-state index in [1.807, 2.05) is 12.1 Å². The third kappa shape index (κ3) is 4.50. The fraction of sp³-hybridized carbons (Fsp3) is 0.429. The fourth-order valence-electron chi connectivity index (χ4n) is 1.69. The highest BCUT2D eigenvalue weighted by atomic mass is 79.9. The Kier molecular flexibility index (Phi) is 6.45. The largest absolute Gasteiger partial charge is 0.466 e. The minimum atomic E-state index is -0.255. The smallest absolute Gasteiger partial charge is 0.310 e. The third-order valence-corrected chi connectivity index (χ3v) is 3.09. The molecule has 0 spiro atoms. The van der Waals surface area contributed by atoms with Gasteiger partial charge in [0, 0.05) is 5.33 Å². The Bertz CT molecular complexity index is 452. The topological polar surface area (TPSA) is 50.1 Å². The van der Waals surface area contributed by atoms with Gasteiger partial charge in [0.2, 0.25) is 0 Å². The van der Waals surface area contributed by atoms with Gasteiger partial charge in [-0.25, -0.2) is 0 Å². The van der Waals surface area contributed by atoms with Crippen molar-refractivity contribution in [3.05, 3.63) is 34.9 Å². The second-order valence-electron chi connectivity index (χ2n) is 3.88. The van der Waals surface area contributed by atoms with Crippen molar-refractivity contribution < 1.29 is 9.53 Å². The number of halogens is 1. The molecule has 0 saturated heterocycles. The number of carbonyl (C=O) groups excluding carboxylic acids is 1. The zero-order chi connectivity index (χ0) is 13.4. The van der Waals surface area contributed by atoms with E-state index in [1.165, 1.54) is 0 Å². The Morgan fingerprint density at radius 3 is 2.89 bits per heavy atom. The monoisotopic (exact) mass is 309 g/mol. The lowest BCUT2D eigenvalue weighted by Crippen LogP contribution is -2.08. The summed E-state index contributed by atoms with van der Waals surface area (Å²) < 4.78 is 4.89. The van der Waals surface area contributed by atoms with Crippen LogP contribution in [0.4, 0.5) is 0 Å². The first-order valence-electron chi connectivity index (χ1n) is 5.94. The lowest BCUT2D eigenvalue weighted by atomic mass is 10.00. The summed E-state index contributed by atoms with van der Waals surface area (Å²) in [6.07, 6.45) is 2.08. The van der Waals surface area contributed by atoms with Crippen molar-refractivity contribution in [3.63, 3.8) is 0 Å². The first-order valence-corrected chi connectivity index (χ1v) is 7.07. The maximum Gasteiger partial charge on any atom is 0.310 e. The first-order chi connectivity index (χ1) is 8.71. The number of nitrogens with zero attached hydrogens (tertiary/aromatic N) is 1. The predicted molar refractivity (Wildman–Crippen MR) is 73.6 cm³/mol. The van der Waals surface area contributed by atoms with Crippen LogP contribution >= 0.6 is 15.9 Å². The highest BCUT2D eigenvalue weighted by Crippen LogP contribution is 2.14. The minimum Gasteiger partial charge on any atom is -0.466 e. The molecule has 1 aromatic rings. The van der Waals surface area contributed by atoms with Crippen molar-refractivity contribution >= 4 is 21.9 Å². The number of rotatable bonds is 6. The first kappa shape index (κ1) is 14.7. The van der Waals surface area contributed by atoms with Crippen LogP contribution in [0.25, 0.3) is 0 Å². The molecule has 0 saturated carbocycles. The molecule has 0 amide bonds. The second kappa shape index (κ2) is 7.88. The van der Waals surface area contributed by atoms with Gasteiger partial charge < -0.3 is 4.74 Å². The van der Waals surface area contributed by atoms with Gasteiger partial charge in [-0.1, -0.05) is 28.1 Å². The van der Waals surface area contributed by atoms with Crippen molar-refractivity contribution in [2.24, 2.45) is 0 Å². The van der Waals surface area contributed by atoms with Crippen LogP contribution in [0.3, 0.4) is 0 Å². The Hall–Kier alpha value is -1.34. The maximum atomic E-state index is 11.4. The molecule has 0 N–H and O–H groups in total. The van der Waals surface area contributed by atoms with Crippen LogP contribution < -0.4 is 0 Å². The normalized spacial score (nSPS) is 9.83. The van der Waals surface area contributed by atoms with Gasteiger partial charge in [-0.05, 0) is 37.0 Å². The van der Waals surface area contributed by atoms with E-state index in [2.05, 4.69) is 22.0 Å². The molecular formula is C14H16BrNO2. The molecule has 0 bridgehead atoms. The molecule has 0 heterocycles. The fourth-order valence-corrected chi connectivity index (χ4v) is 1.97. The quantitative estimate of drug-likeness (QED) is 0.599. The summed E-state index contributed by atoms with van der Waals surface area (Å²) in [5.74, 6) is -0.255. The summed E-state index contributed by atoms with van der Waals surface area (Å²) in [5, 5.41) is 10.0. The lowest BCUT2D eigenvalue weighted by molar-refractivity contribution is -0.142. The molecule has 0 atom stereocenters. The van der Waals surface area contributed by atoms with Gasteiger partial charge >= 0.3 is 5.97 Å². The van der Waals surface area contributed by atoms with E-state index in [0.29, 0.717) is 12.2 Å². The molecule has 3 nitrogen and oxygen atoms in total. The van der Waals surface area contributed by atoms with Gasteiger partial charge in [0.05, 0.1) is 24.7 Å². The Labute approximate surface area is 116 Å². The van der Waals surface area contributed by atoms with Crippen molar-refractivity contribution in [1.29, 1.82) is 5.26 Å². The van der Waals surface area contributed by atoms with Gasteiger partial charge in [0.25, 0.3) is 0 Å². The number of carbonyl (C=O) groups is 1. The van der Waals surface area contributed by atoms with Crippen LogP contribution in [0.5, 0.6) is 0 Å². The van der Waals surface area contributed by atoms with Crippen LogP contribution in [0.15, 0.2) is 18.2 Å². The average Bonchev–Trinajstić information content (AvgIpc) is 2.37. The molecule has 0 fully saturated rings. The Morgan fingerprint density at radius 2 is 2.28 bits per heavy atom. The second-order valence-corrected chi connectivity index (χ2v) is 4.67. The molecule has 0 aromatic heterocycles. The average molecular weight is 310 g/mol. The maximum absolute atomic E-state index is 11.4. The van der Waals surface area contributed by atoms with Gasteiger partial charge in [-0.15, -0.1) is 0 Å². The molecule has 0 aliphatic carbocycles. The van der Waals surface area contributed by atoms with Gasteiger partial charge in [-0.2, -0.15) is 5.26 Å². The van der Waals surface area contributed by atoms with Crippen LogP contribution in [0.1, 0.15) is 30.0 Å². The van der Waals surface area contributed by atoms with Gasteiger partial charge in [0.1, 0.15) is 0 Å². The highest BCUT2D eigenvalue weighted by molar-refractivity contribution is 9.09. The van der Waals surface area contributed by atoms with Crippen molar-refractivity contribution in [2.75, 3.05) is 11.9 Å².